The van der Waals surface area contributed by atoms with Crippen molar-refractivity contribution in [1.82, 2.24) is 24.8 Å². The number of amides is 2. The predicted octanol–water partition coefficient (Wildman–Crippen LogP) is 3.53. The molecule has 0 aliphatic carbocycles. The standard InChI is InChI=1S/C21H25ClN6O/c1-23-21(29)26(2)14-8-10-28(11-9-14)19-12-15(16(22)13-24-19)20-25-17-6-4-5-7-18(17)27(20)3/h4-7,12-14H,8-11H2,1-3H3,(H,23,29). The van der Waals surface area contributed by atoms with E-state index in [-0.39, 0.29) is 12.1 Å². The molecule has 152 valence electrons. The number of urea groups is 1. The fourth-order valence-corrected chi connectivity index (χ4v) is 4.17. The third kappa shape index (κ3) is 3.62. The van der Waals surface area contributed by atoms with E-state index in [0.717, 1.165) is 54.2 Å². The molecule has 1 aliphatic rings. The van der Waals surface area contributed by atoms with Gasteiger partial charge in [0.1, 0.15) is 11.6 Å². The molecule has 1 aromatic carbocycles. The van der Waals surface area contributed by atoms with E-state index in [2.05, 4.69) is 25.8 Å². The van der Waals surface area contributed by atoms with E-state index in [1.165, 1.54) is 0 Å². The Labute approximate surface area is 175 Å². The van der Waals surface area contributed by atoms with Crippen molar-refractivity contribution in [2.45, 2.75) is 18.9 Å². The molecule has 2 aromatic heterocycles. The molecule has 3 heterocycles. The molecule has 0 spiro atoms. The molecule has 0 radical (unpaired) electrons. The summed E-state index contributed by atoms with van der Waals surface area (Å²) >= 11 is 6.50. The molecular weight excluding hydrogens is 388 g/mol. The Hall–Kier alpha value is -2.80. The minimum atomic E-state index is -0.0443. The van der Waals surface area contributed by atoms with Gasteiger partial charge < -0.3 is 19.7 Å². The summed E-state index contributed by atoms with van der Waals surface area (Å²) in [5, 5.41) is 3.27. The number of pyridine rings is 1. The van der Waals surface area contributed by atoms with Gasteiger partial charge in [0.15, 0.2) is 0 Å². The highest BCUT2D eigenvalue weighted by Crippen LogP contribution is 2.32. The largest absolute Gasteiger partial charge is 0.356 e. The van der Waals surface area contributed by atoms with Crippen molar-refractivity contribution in [1.29, 1.82) is 0 Å². The van der Waals surface area contributed by atoms with Crippen LogP contribution in [0.1, 0.15) is 12.8 Å². The van der Waals surface area contributed by atoms with Crippen LogP contribution in [0.25, 0.3) is 22.4 Å². The summed E-state index contributed by atoms with van der Waals surface area (Å²) in [7, 11) is 5.51. The number of carbonyl (C=O) groups is 1. The lowest BCUT2D eigenvalue weighted by molar-refractivity contribution is 0.182. The molecular formula is C21H25ClN6O. The summed E-state index contributed by atoms with van der Waals surface area (Å²) < 4.78 is 2.06. The Kier molecular flexibility index (Phi) is 5.32. The summed E-state index contributed by atoms with van der Waals surface area (Å²) in [4.78, 5) is 25.2. The van der Waals surface area contributed by atoms with Crippen LogP contribution in [0.15, 0.2) is 36.5 Å². The molecule has 7 nitrogen and oxygen atoms in total. The maximum absolute atomic E-state index is 11.9. The van der Waals surface area contributed by atoms with Gasteiger partial charge in [-0.05, 0) is 31.0 Å². The molecule has 0 unspecified atom stereocenters. The Bertz CT molecular complexity index is 1040. The first kappa shape index (κ1) is 19.5. The number of carbonyl (C=O) groups excluding carboxylic acids is 1. The van der Waals surface area contributed by atoms with Gasteiger partial charge in [0, 0.05) is 52.0 Å². The zero-order chi connectivity index (χ0) is 20.5. The zero-order valence-corrected chi connectivity index (χ0v) is 17.6. The van der Waals surface area contributed by atoms with Gasteiger partial charge in [-0.1, -0.05) is 23.7 Å². The molecule has 3 aromatic rings. The molecule has 29 heavy (non-hydrogen) atoms. The summed E-state index contributed by atoms with van der Waals surface area (Å²) in [5.74, 6) is 1.71. The highest BCUT2D eigenvalue weighted by molar-refractivity contribution is 6.33. The number of aromatic nitrogens is 3. The lowest BCUT2D eigenvalue weighted by Gasteiger charge is -2.37. The van der Waals surface area contributed by atoms with Crippen molar-refractivity contribution in [3.8, 4) is 11.4 Å². The minimum absolute atomic E-state index is 0.0443. The van der Waals surface area contributed by atoms with Gasteiger partial charge in [-0.2, -0.15) is 0 Å². The number of imidazole rings is 1. The normalized spacial score (nSPS) is 15.0. The number of para-hydroxylation sites is 2. The molecule has 0 saturated carbocycles. The average molecular weight is 413 g/mol. The van der Waals surface area contributed by atoms with Crippen LogP contribution in [0, 0.1) is 0 Å². The van der Waals surface area contributed by atoms with Crippen LogP contribution in [0.5, 0.6) is 0 Å². The quantitative estimate of drug-likeness (QED) is 0.714. The van der Waals surface area contributed by atoms with Crippen molar-refractivity contribution in [3.63, 3.8) is 0 Å². The molecule has 1 fully saturated rings. The SMILES string of the molecule is CNC(=O)N(C)C1CCN(c2cc(-c3nc4ccccc4n3C)c(Cl)cn2)CC1. The van der Waals surface area contributed by atoms with Crippen LogP contribution < -0.4 is 10.2 Å². The van der Waals surface area contributed by atoms with Gasteiger partial charge in [-0.15, -0.1) is 0 Å². The highest BCUT2D eigenvalue weighted by atomic mass is 35.5. The molecule has 8 heteroatoms. The van der Waals surface area contributed by atoms with Gasteiger partial charge in [0.05, 0.1) is 16.1 Å². The van der Waals surface area contributed by atoms with Crippen molar-refractivity contribution in [2.24, 2.45) is 7.05 Å². The van der Waals surface area contributed by atoms with E-state index in [1.54, 1.807) is 18.1 Å². The first-order valence-electron chi connectivity index (χ1n) is 9.76. The molecule has 2 amide bonds. The summed E-state index contributed by atoms with van der Waals surface area (Å²) in [6, 6.07) is 10.3. The first-order valence-corrected chi connectivity index (χ1v) is 10.1. The van der Waals surface area contributed by atoms with E-state index in [1.807, 2.05) is 38.4 Å². The van der Waals surface area contributed by atoms with Crippen LogP contribution in [0.3, 0.4) is 0 Å². The average Bonchev–Trinajstić information content (AvgIpc) is 3.09. The molecule has 4 rings (SSSR count). The smallest absolute Gasteiger partial charge is 0.317 e. The maximum atomic E-state index is 11.9. The van der Waals surface area contributed by atoms with E-state index in [9.17, 15) is 4.79 Å². The summed E-state index contributed by atoms with van der Waals surface area (Å²) in [6.07, 6.45) is 3.50. The van der Waals surface area contributed by atoms with Gasteiger partial charge in [0.2, 0.25) is 0 Å². The van der Waals surface area contributed by atoms with E-state index < -0.39 is 0 Å². The number of nitrogens with one attached hydrogen (secondary N) is 1. The highest BCUT2D eigenvalue weighted by Gasteiger charge is 2.26. The fourth-order valence-electron chi connectivity index (χ4n) is 3.98. The number of piperidine rings is 1. The van der Waals surface area contributed by atoms with Crippen molar-refractivity contribution >= 4 is 34.5 Å². The lowest BCUT2D eigenvalue weighted by Crippen LogP contribution is -2.48. The van der Waals surface area contributed by atoms with Crippen LogP contribution in [0.2, 0.25) is 5.02 Å². The van der Waals surface area contributed by atoms with Gasteiger partial charge in [0.25, 0.3) is 0 Å². The van der Waals surface area contributed by atoms with E-state index in [4.69, 9.17) is 16.6 Å². The van der Waals surface area contributed by atoms with Crippen molar-refractivity contribution in [3.05, 3.63) is 41.6 Å². The number of nitrogens with zero attached hydrogens (tertiary/aromatic N) is 5. The number of halogens is 1. The summed E-state index contributed by atoms with van der Waals surface area (Å²) in [6.45, 7) is 1.67. The number of hydrogen-bond donors (Lipinski definition) is 1. The lowest BCUT2D eigenvalue weighted by atomic mass is 10.0. The first-order chi connectivity index (χ1) is 14.0. The Morgan fingerprint density at radius 1 is 1.28 bits per heavy atom. The number of fused-ring (bicyclic) bond motifs is 1. The molecule has 1 aliphatic heterocycles. The second-order valence-corrected chi connectivity index (χ2v) is 7.80. The van der Waals surface area contributed by atoms with Crippen molar-refractivity contribution < 1.29 is 4.79 Å². The predicted molar refractivity (Wildman–Crippen MR) is 116 cm³/mol. The summed E-state index contributed by atoms with van der Waals surface area (Å²) in [5.41, 5.74) is 2.88. The van der Waals surface area contributed by atoms with Crippen LogP contribution in [-0.4, -0.2) is 58.7 Å². The maximum Gasteiger partial charge on any atom is 0.317 e. The third-order valence-electron chi connectivity index (χ3n) is 5.74. The van der Waals surface area contributed by atoms with Gasteiger partial charge >= 0.3 is 6.03 Å². The number of aryl methyl sites for hydroxylation is 1. The fraction of sp³-hybridized carbons (Fsp3) is 0.381. The number of benzene rings is 1. The van der Waals surface area contributed by atoms with Crippen LogP contribution >= 0.6 is 11.6 Å². The third-order valence-corrected chi connectivity index (χ3v) is 6.04. The molecule has 1 N–H and O–H groups in total. The second-order valence-electron chi connectivity index (χ2n) is 7.39. The minimum Gasteiger partial charge on any atom is -0.356 e. The van der Waals surface area contributed by atoms with Crippen LogP contribution in [0.4, 0.5) is 10.6 Å². The Morgan fingerprint density at radius 2 is 2.00 bits per heavy atom. The number of hydrogen-bond acceptors (Lipinski definition) is 4. The number of rotatable bonds is 3. The van der Waals surface area contributed by atoms with Crippen LogP contribution in [-0.2, 0) is 7.05 Å². The van der Waals surface area contributed by atoms with Crippen molar-refractivity contribution in [2.75, 3.05) is 32.1 Å². The number of anilines is 1. The second kappa shape index (κ2) is 7.91. The Morgan fingerprint density at radius 3 is 2.69 bits per heavy atom. The molecule has 0 atom stereocenters. The van der Waals surface area contributed by atoms with Gasteiger partial charge in [-0.3, -0.25) is 0 Å². The van der Waals surface area contributed by atoms with E-state index in [0.29, 0.717) is 5.02 Å². The Balaban J connectivity index is 1.58. The topological polar surface area (TPSA) is 66.3 Å². The molecule has 0 bridgehead atoms. The van der Waals surface area contributed by atoms with E-state index >= 15 is 0 Å². The van der Waals surface area contributed by atoms with Gasteiger partial charge in [-0.25, -0.2) is 14.8 Å². The monoisotopic (exact) mass is 412 g/mol. The zero-order valence-electron chi connectivity index (χ0n) is 16.9. The molecule has 1 saturated heterocycles.